The van der Waals surface area contributed by atoms with Gasteiger partial charge < -0.3 is 10.6 Å². The van der Waals surface area contributed by atoms with E-state index in [0.29, 0.717) is 16.8 Å². The summed E-state index contributed by atoms with van der Waals surface area (Å²) >= 11 is 0. The van der Waals surface area contributed by atoms with Crippen LogP contribution in [0.3, 0.4) is 0 Å². The Hall–Kier alpha value is -2.46. The fraction of sp³-hybridized carbons (Fsp3) is 0.222. The van der Waals surface area contributed by atoms with E-state index in [0.717, 1.165) is 5.56 Å². The second kappa shape index (κ2) is 7.00. The van der Waals surface area contributed by atoms with Gasteiger partial charge in [-0.3, -0.25) is 9.59 Å². The van der Waals surface area contributed by atoms with Gasteiger partial charge in [0, 0.05) is 11.1 Å². The van der Waals surface area contributed by atoms with Gasteiger partial charge in [-0.15, -0.1) is 0 Å². The van der Waals surface area contributed by atoms with E-state index < -0.39 is 0 Å². The van der Waals surface area contributed by atoms with E-state index in [1.807, 2.05) is 31.2 Å². The first kappa shape index (κ1) is 15.9. The van der Waals surface area contributed by atoms with Crippen molar-refractivity contribution in [2.45, 2.75) is 19.9 Å². The number of rotatable bonds is 5. The van der Waals surface area contributed by atoms with Crippen LogP contribution in [0, 0.1) is 6.92 Å². The number of aryl methyl sites for hydroxylation is 1. The van der Waals surface area contributed by atoms with Crippen LogP contribution in [-0.2, 0) is 4.79 Å². The number of benzene rings is 2. The molecular weight excluding hydrogens is 276 g/mol. The quantitative estimate of drug-likeness (QED) is 0.834. The summed E-state index contributed by atoms with van der Waals surface area (Å²) in [7, 11) is 1.72. The second-order valence-corrected chi connectivity index (χ2v) is 5.24. The standard InChI is InChI=1S/C18H20N2O2/c1-12-9-10-16(20-18(22)13(2)19-3)15(11-12)17(21)14-7-5-4-6-8-14/h4-11,13,19H,1-3H3,(H,20,22). The average Bonchev–Trinajstić information content (AvgIpc) is 2.55. The lowest BCUT2D eigenvalue weighted by molar-refractivity contribution is -0.117. The highest BCUT2D eigenvalue weighted by Crippen LogP contribution is 2.21. The molecule has 2 rings (SSSR count). The summed E-state index contributed by atoms with van der Waals surface area (Å²) in [4.78, 5) is 24.7. The van der Waals surface area contributed by atoms with Gasteiger partial charge >= 0.3 is 0 Å². The number of nitrogens with one attached hydrogen (secondary N) is 2. The Morgan fingerprint density at radius 1 is 1.05 bits per heavy atom. The summed E-state index contributed by atoms with van der Waals surface area (Å²) in [6, 6.07) is 14.2. The summed E-state index contributed by atoms with van der Waals surface area (Å²) in [5.41, 5.74) is 2.61. The van der Waals surface area contributed by atoms with Crippen molar-refractivity contribution in [3.63, 3.8) is 0 Å². The number of amides is 1. The SMILES string of the molecule is CNC(C)C(=O)Nc1ccc(C)cc1C(=O)c1ccccc1. The van der Waals surface area contributed by atoms with E-state index in [4.69, 9.17) is 0 Å². The molecule has 4 heteroatoms. The van der Waals surface area contributed by atoms with Crippen molar-refractivity contribution in [3.05, 3.63) is 65.2 Å². The lowest BCUT2D eigenvalue weighted by Crippen LogP contribution is -2.35. The van der Waals surface area contributed by atoms with E-state index in [1.54, 1.807) is 38.2 Å². The predicted octanol–water partition coefficient (Wildman–Crippen LogP) is 2.77. The Bertz CT molecular complexity index is 681. The zero-order valence-electron chi connectivity index (χ0n) is 13.0. The minimum atomic E-state index is -0.332. The third kappa shape index (κ3) is 3.59. The maximum absolute atomic E-state index is 12.7. The zero-order valence-corrected chi connectivity index (χ0v) is 13.0. The van der Waals surface area contributed by atoms with Crippen molar-refractivity contribution >= 4 is 17.4 Å². The molecule has 0 aromatic heterocycles. The average molecular weight is 296 g/mol. The van der Waals surface area contributed by atoms with Crippen LogP contribution in [-0.4, -0.2) is 24.8 Å². The predicted molar refractivity (Wildman–Crippen MR) is 88.2 cm³/mol. The number of carbonyl (C=O) groups excluding carboxylic acids is 2. The highest BCUT2D eigenvalue weighted by Gasteiger charge is 2.17. The van der Waals surface area contributed by atoms with Crippen LogP contribution >= 0.6 is 0 Å². The van der Waals surface area contributed by atoms with Crippen LogP contribution in [0.2, 0.25) is 0 Å². The molecule has 1 unspecified atom stereocenters. The third-order valence-corrected chi connectivity index (χ3v) is 3.54. The first-order valence-corrected chi connectivity index (χ1v) is 7.21. The summed E-state index contributed by atoms with van der Waals surface area (Å²) in [6.07, 6.45) is 0. The first-order chi connectivity index (χ1) is 10.5. The molecule has 1 amide bonds. The number of anilines is 1. The van der Waals surface area contributed by atoms with E-state index in [2.05, 4.69) is 10.6 Å². The molecule has 2 aromatic carbocycles. The van der Waals surface area contributed by atoms with Crippen LogP contribution in [0.5, 0.6) is 0 Å². The molecule has 0 aliphatic carbocycles. The molecule has 114 valence electrons. The molecule has 1 atom stereocenters. The fourth-order valence-corrected chi connectivity index (χ4v) is 2.07. The molecule has 0 heterocycles. The number of likely N-dealkylation sites (N-methyl/N-ethyl adjacent to an activating group) is 1. The van der Waals surface area contributed by atoms with Gasteiger partial charge in [0.1, 0.15) is 0 Å². The Balaban J connectivity index is 2.36. The largest absolute Gasteiger partial charge is 0.324 e. The van der Waals surface area contributed by atoms with Gasteiger partial charge in [-0.1, -0.05) is 42.0 Å². The fourth-order valence-electron chi connectivity index (χ4n) is 2.07. The van der Waals surface area contributed by atoms with E-state index in [1.165, 1.54) is 0 Å². The molecule has 0 aliphatic rings. The number of hydrogen-bond acceptors (Lipinski definition) is 3. The highest BCUT2D eigenvalue weighted by atomic mass is 16.2. The molecule has 0 spiro atoms. The Morgan fingerprint density at radius 2 is 1.73 bits per heavy atom. The molecule has 2 N–H and O–H groups in total. The third-order valence-electron chi connectivity index (χ3n) is 3.54. The molecule has 0 fully saturated rings. The molecule has 2 aromatic rings. The van der Waals surface area contributed by atoms with Crippen molar-refractivity contribution < 1.29 is 9.59 Å². The monoisotopic (exact) mass is 296 g/mol. The van der Waals surface area contributed by atoms with Crippen molar-refractivity contribution in [1.82, 2.24) is 5.32 Å². The van der Waals surface area contributed by atoms with Crippen molar-refractivity contribution in [3.8, 4) is 0 Å². The first-order valence-electron chi connectivity index (χ1n) is 7.21. The lowest BCUT2D eigenvalue weighted by atomic mass is 9.99. The number of ketones is 1. The van der Waals surface area contributed by atoms with Crippen LogP contribution < -0.4 is 10.6 Å². The summed E-state index contributed by atoms with van der Waals surface area (Å²) in [5, 5.41) is 5.70. The van der Waals surface area contributed by atoms with Crippen molar-refractivity contribution in [2.75, 3.05) is 12.4 Å². The minimum Gasteiger partial charge on any atom is -0.324 e. The highest BCUT2D eigenvalue weighted by molar-refractivity contribution is 6.14. The Morgan fingerprint density at radius 3 is 2.36 bits per heavy atom. The molecule has 0 saturated carbocycles. The van der Waals surface area contributed by atoms with Gasteiger partial charge in [-0.2, -0.15) is 0 Å². The van der Waals surface area contributed by atoms with E-state index in [-0.39, 0.29) is 17.7 Å². The zero-order chi connectivity index (χ0) is 16.1. The van der Waals surface area contributed by atoms with E-state index in [9.17, 15) is 9.59 Å². The summed E-state index contributed by atoms with van der Waals surface area (Å²) in [5.74, 6) is -0.273. The normalized spacial score (nSPS) is 11.8. The minimum absolute atomic E-state index is 0.100. The summed E-state index contributed by atoms with van der Waals surface area (Å²) in [6.45, 7) is 3.69. The van der Waals surface area contributed by atoms with Gasteiger partial charge in [0.15, 0.2) is 5.78 Å². The maximum Gasteiger partial charge on any atom is 0.241 e. The topological polar surface area (TPSA) is 58.2 Å². The van der Waals surface area contributed by atoms with Gasteiger partial charge in [0.25, 0.3) is 0 Å². The van der Waals surface area contributed by atoms with Crippen molar-refractivity contribution in [1.29, 1.82) is 0 Å². The molecular formula is C18H20N2O2. The smallest absolute Gasteiger partial charge is 0.241 e. The molecule has 22 heavy (non-hydrogen) atoms. The molecule has 0 bridgehead atoms. The Kier molecular flexibility index (Phi) is 5.07. The Labute approximate surface area is 130 Å². The molecule has 0 aliphatic heterocycles. The maximum atomic E-state index is 12.7. The molecule has 4 nitrogen and oxygen atoms in total. The number of carbonyl (C=O) groups is 2. The van der Waals surface area contributed by atoms with Crippen LogP contribution in [0.15, 0.2) is 48.5 Å². The van der Waals surface area contributed by atoms with Crippen LogP contribution in [0.1, 0.15) is 28.4 Å². The van der Waals surface area contributed by atoms with Crippen molar-refractivity contribution in [2.24, 2.45) is 0 Å². The van der Waals surface area contributed by atoms with E-state index >= 15 is 0 Å². The second-order valence-electron chi connectivity index (χ2n) is 5.24. The van der Waals surface area contributed by atoms with Gasteiger partial charge in [0.2, 0.25) is 5.91 Å². The lowest BCUT2D eigenvalue weighted by Gasteiger charge is -2.14. The van der Waals surface area contributed by atoms with Gasteiger partial charge in [-0.05, 0) is 33.0 Å². The van der Waals surface area contributed by atoms with Crippen LogP contribution in [0.25, 0.3) is 0 Å². The summed E-state index contributed by atoms with van der Waals surface area (Å²) < 4.78 is 0. The molecule has 0 saturated heterocycles. The van der Waals surface area contributed by atoms with Gasteiger partial charge in [-0.25, -0.2) is 0 Å². The van der Waals surface area contributed by atoms with Crippen LogP contribution in [0.4, 0.5) is 5.69 Å². The molecule has 0 radical (unpaired) electrons. The number of hydrogen-bond donors (Lipinski definition) is 2. The van der Waals surface area contributed by atoms with Gasteiger partial charge in [0.05, 0.1) is 11.7 Å².